The van der Waals surface area contributed by atoms with Crippen LogP contribution in [0.5, 0.6) is 0 Å². The monoisotopic (exact) mass is 456 g/mol. The summed E-state index contributed by atoms with van der Waals surface area (Å²) >= 11 is 1.66. The number of benzene rings is 2. The van der Waals surface area contributed by atoms with Gasteiger partial charge in [0, 0.05) is 12.0 Å². The molecule has 7 nitrogen and oxygen atoms in total. The average molecular weight is 457 g/mol. The van der Waals surface area contributed by atoms with Crippen LogP contribution < -0.4 is 10.6 Å². The molecule has 2 atom stereocenters. The van der Waals surface area contributed by atoms with Crippen LogP contribution in [0.1, 0.15) is 36.8 Å². The number of carboxylic acids is 1. The SMILES string of the molecule is CSCCC(C)NC(=O)C(CC(=O)O)NC(=O)OCC1c2ccccc2-c2ccccc21. The molecule has 0 radical (unpaired) electrons. The van der Waals surface area contributed by atoms with Crippen LogP contribution in [-0.2, 0) is 14.3 Å². The summed E-state index contributed by atoms with van der Waals surface area (Å²) in [6, 6.07) is 14.6. The molecule has 0 heterocycles. The minimum atomic E-state index is -1.21. The van der Waals surface area contributed by atoms with Crippen molar-refractivity contribution in [2.45, 2.75) is 37.8 Å². The van der Waals surface area contributed by atoms with Gasteiger partial charge in [0.05, 0.1) is 6.42 Å². The van der Waals surface area contributed by atoms with Gasteiger partial charge in [-0.15, -0.1) is 0 Å². The Morgan fingerprint density at radius 3 is 2.19 bits per heavy atom. The highest BCUT2D eigenvalue weighted by Gasteiger charge is 2.30. The van der Waals surface area contributed by atoms with Crippen molar-refractivity contribution in [2.75, 3.05) is 18.6 Å². The molecule has 8 heteroatoms. The second kappa shape index (κ2) is 11.0. The lowest BCUT2D eigenvalue weighted by atomic mass is 9.98. The number of carbonyl (C=O) groups excluding carboxylic acids is 2. The highest BCUT2D eigenvalue weighted by molar-refractivity contribution is 7.98. The maximum Gasteiger partial charge on any atom is 0.407 e. The van der Waals surface area contributed by atoms with E-state index in [1.807, 2.05) is 61.7 Å². The number of amides is 2. The first-order valence-electron chi connectivity index (χ1n) is 10.5. The summed E-state index contributed by atoms with van der Waals surface area (Å²) < 4.78 is 5.45. The summed E-state index contributed by atoms with van der Waals surface area (Å²) in [5.41, 5.74) is 4.37. The first-order chi connectivity index (χ1) is 15.4. The first-order valence-corrected chi connectivity index (χ1v) is 11.9. The van der Waals surface area contributed by atoms with Crippen molar-refractivity contribution in [3.8, 4) is 11.1 Å². The fraction of sp³-hybridized carbons (Fsp3) is 0.375. The number of carbonyl (C=O) groups is 3. The molecule has 0 spiro atoms. The van der Waals surface area contributed by atoms with Gasteiger partial charge in [0.2, 0.25) is 5.91 Å². The zero-order valence-electron chi connectivity index (χ0n) is 18.2. The van der Waals surface area contributed by atoms with E-state index in [4.69, 9.17) is 9.84 Å². The van der Waals surface area contributed by atoms with E-state index in [1.54, 1.807) is 11.8 Å². The summed E-state index contributed by atoms with van der Waals surface area (Å²) in [6.07, 6.45) is 1.38. The topological polar surface area (TPSA) is 105 Å². The predicted molar refractivity (Wildman–Crippen MR) is 125 cm³/mol. The number of nitrogens with one attached hydrogen (secondary N) is 2. The van der Waals surface area contributed by atoms with E-state index < -0.39 is 30.4 Å². The summed E-state index contributed by atoms with van der Waals surface area (Å²) in [5, 5.41) is 14.4. The number of fused-ring (bicyclic) bond motifs is 3. The van der Waals surface area contributed by atoms with Crippen LogP contribution in [0.15, 0.2) is 48.5 Å². The zero-order chi connectivity index (χ0) is 23.1. The quantitative estimate of drug-likeness (QED) is 0.504. The molecule has 170 valence electrons. The zero-order valence-corrected chi connectivity index (χ0v) is 19.0. The molecule has 0 fully saturated rings. The minimum absolute atomic E-state index is 0.0887. The summed E-state index contributed by atoms with van der Waals surface area (Å²) in [6.45, 7) is 1.94. The lowest BCUT2D eigenvalue weighted by Gasteiger charge is -2.21. The lowest BCUT2D eigenvalue weighted by molar-refractivity contribution is -0.140. The van der Waals surface area contributed by atoms with Gasteiger partial charge in [0.15, 0.2) is 0 Å². The third-order valence-corrected chi connectivity index (χ3v) is 6.12. The predicted octanol–water partition coefficient (Wildman–Crippen LogP) is 3.63. The van der Waals surface area contributed by atoms with Crippen LogP contribution in [-0.4, -0.2) is 53.8 Å². The van der Waals surface area contributed by atoms with Crippen LogP contribution in [0.2, 0.25) is 0 Å². The standard InChI is InChI=1S/C24H28N2O5S/c1-15(11-12-32-2)25-23(29)21(13-22(27)28)26-24(30)31-14-20-18-9-5-3-7-16(18)17-8-4-6-10-19(17)20/h3-10,15,20-21H,11-14H2,1-2H3,(H,25,29)(H,26,30)(H,27,28). The Bertz CT molecular complexity index is 935. The van der Waals surface area contributed by atoms with E-state index in [2.05, 4.69) is 10.6 Å². The smallest absolute Gasteiger partial charge is 0.407 e. The van der Waals surface area contributed by atoms with Gasteiger partial charge in [0.25, 0.3) is 0 Å². The molecule has 0 saturated heterocycles. The second-order valence-corrected chi connectivity index (χ2v) is 8.80. The number of carboxylic acid groups (broad SMARTS) is 1. The van der Waals surface area contributed by atoms with Crippen LogP contribution in [0.4, 0.5) is 4.79 Å². The number of hydrogen-bond donors (Lipinski definition) is 3. The Morgan fingerprint density at radius 2 is 1.62 bits per heavy atom. The van der Waals surface area contributed by atoms with Crippen molar-refractivity contribution in [1.29, 1.82) is 0 Å². The van der Waals surface area contributed by atoms with Gasteiger partial charge in [-0.2, -0.15) is 11.8 Å². The Balaban J connectivity index is 1.63. The third-order valence-electron chi connectivity index (χ3n) is 5.47. The maximum atomic E-state index is 12.5. The van der Waals surface area contributed by atoms with E-state index in [0.29, 0.717) is 0 Å². The van der Waals surface area contributed by atoms with E-state index >= 15 is 0 Å². The van der Waals surface area contributed by atoms with Crippen LogP contribution in [0.3, 0.4) is 0 Å². The first kappa shape index (κ1) is 23.7. The average Bonchev–Trinajstić information content (AvgIpc) is 3.09. The molecule has 2 amide bonds. The fourth-order valence-electron chi connectivity index (χ4n) is 3.88. The molecular weight excluding hydrogens is 428 g/mol. The van der Waals surface area contributed by atoms with E-state index in [1.165, 1.54) is 0 Å². The van der Waals surface area contributed by atoms with Crippen LogP contribution in [0.25, 0.3) is 11.1 Å². The Hall–Kier alpha value is -3.00. The number of thioether (sulfide) groups is 1. The van der Waals surface area contributed by atoms with Gasteiger partial charge in [0.1, 0.15) is 12.6 Å². The number of ether oxygens (including phenoxy) is 1. The molecule has 3 rings (SSSR count). The molecular formula is C24H28N2O5S. The molecule has 2 unspecified atom stereocenters. The largest absolute Gasteiger partial charge is 0.481 e. The lowest BCUT2D eigenvalue weighted by Crippen LogP contribution is -2.50. The second-order valence-electron chi connectivity index (χ2n) is 7.81. The molecule has 0 aromatic heterocycles. The van der Waals surface area contributed by atoms with Crippen molar-refractivity contribution in [3.63, 3.8) is 0 Å². The molecule has 0 aliphatic heterocycles. The van der Waals surface area contributed by atoms with Gasteiger partial charge in [-0.05, 0) is 47.6 Å². The molecule has 0 saturated carbocycles. The van der Waals surface area contributed by atoms with Gasteiger partial charge in [-0.3, -0.25) is 9.59 Å². The molecule has 2 aromatic carbocycles. The Labute approximate surface area is 191 Å². The molecule has 3 N–H and O–H groups in total. The minimum Gasteiger partial charge on any atom is -0.481 e. The van der Waals surface area contributed by atoms with Crippen molar-refractivity contribution in [2.24, 2.45) is 0 Å². The van der Waals surface area contributed by atoms with Crippen LogP contribution in [0, 0.1) is 0 Å². The number of hydrogen-bond acceptors (Lipinski definition) is 5. The highest BCUT2D eigenvalue weighted by atomic mass is 32.2. The Kier molecular flexibility index (Phi) is 8.16. The molecule has 2 aromatic rings. The number of rotatable bonds is 10. The van der Waals surface area contributed by atoms with Crippen molar-refractivity contribution in [3.05, 3.63) is 59.7 Å². The molecule has 1 aliphatic carbocycles. The summed E-state index contributed by atoms with van der Waals surface area (Å²) in [4.78, 5) is 36.2. The number of aliphatic carboxylic acids is 1. The third kappa shape index (κ3) is 5.82. The van der Waals surface area contributed by atoms with E-state index in [0.717, 1.165) is 34.4 Å². The maximum absolute atomic E-state index is 12.5. The van der Waals surface area contributed by atoms with Gasteiger partial charge < -0.3 is 20.5 Å². The normalized spacial score (nSPS) is 14.1. The fourth-order valence-corrected chi connectivity index (χ4v) is 4.47. The van der Waals surface area contributed by atoms with Crippen molar-refractivity contribution >= 4 is 29.7 Å². The summed E-state index contributed by atoms with van der Waals surface area (Å²) in [7, 11) is 0. The van der Waals surface area contributed by atoms with Crippen molar-refractivity contribution < 1.29 is 24.2 Å². The van der Waals surface area contributed by atoms with Crippen LogP contribution >= 0.6 is 11.8 Å². The van der Waals surface area contributed by atoms with Gasteiger partial charge in [-0.1, -0.05) is 48.5 Å². The van der Waals surface area contributed by atoms with E-state index in [9.17, 15) is 14.4 Å². The molecule has 32 heavy (non-hydrogen) atoms. The molecule has 0 bridgehead atoms. The van der Waals surface area contributed by atoms with Crippen molar-refractivity contribution in [1.82, 2.24) is 10.6 Å². The van der Waals surface area contributed by atoms with E-state index in [-0.39, 0.29) is 18.6 Å². The van der Waals surface area contributed by atoms with Gasteiger partial charge in [-0.25, -0.2) is 4.79 Å². The number of alkyl carbamates (subject to hydrolysis) is 1. The van der Waals surface area contributed by atoms with Gasteiger partial charge >= 0.3 is 12.1 Å². The Morgan fingerprint density at radius 1 is 1.03 bits per heavy atom. The summed E-state index contributed by atoms with van der Waals surface area (Å²) in [5.74, 6) is -0.966. The highest BCUT2D eigenvalue weighted by Crippen LogP contribution is 2.44. The molecule has 1 aliphatic rings.